The van der Waals surface area contributed by atoms with Gasteiger partial charge in [0, 0.05) is 5.56 Å². The van der Waals surface area contributed by atoms with E-state index in [9.17, 15) is 14.4 Å². The summed E-state index contributed by atoms with van der Waals surface area (Å²) in [7, 11) is 2.44. The van der Waals surface area contributed by atoms with E-state index < -0.39 is 35.6 Å². The molecular weight excluding hydrogens is 426 g/mol. The van der Waals surface area contributed by atoms with Gasteiger partial charge in [-0.3, -0.25) is 9.59 Å². The molecule has 0 aliphatic heterocycles. The summed E-state index contributed by atoms with van der Waals surface area (Å²) in [6.45, 7) is 9.16. The van der Waals surface area contributed by atoms with Gasteiger partial charge in [-0.05, 0) is 43.7 Å². The zero-order chi connectivity index (χ0) is 24.6. The van der Waals surface area contributed by atoms with Gasteiger partial charge < -0.3 is 24.3 Å². The summed E-state index contributed by atoms with van der Waals surface area (Å²) in [5.74, 6) is -1.96. The fourth-order valence-corrected chi connectivity index (χ4v) is 3.35. The average Bonchev–Trinajstić information content (AvgIpc) is 2.77. The van der Waals surface area contributed by atoms with Gasteiger partial charge in [0.15, 0.2) is 0 Å². The van der Waals surface area contributed by atoms with E-state index in [2.05, 4.69) is 11.9 Å². The molecule has 0 bridgehead atoms. The summed E-state index contributed by atoms with van der Waals surface area (Å²) in [5.41, 5.74) is -0.0766. The highest BCUT2D eigenvalue weighted by Gasteiger charge is 2.37. The number of rotatable bonds is 9. The van der Waals surface area contributed by atoms with Crippen LogP contribution in [0.1, 0.15) is 38.8 Å². The molecule has 0 radical (unpaired) electrons. The van der Waals surface area contributed by atoms with E-state index in [1.165, 1.54) is 20.3 Å². The molecular formula is C25H31NO7. The topological polar surface area (TPSA) is 100 Å². The zero-order valence-electron chi connectivity index (χ0n) is 19.7. The van der Waals surface area contributed by atoms with Crippen molar-refractivity contribution < 1.29 is 33.3 Å². The summed E-state index contributed by atoms with van der Waals surface area (Å²) in [6, 6.07) is 10.3. The second-order valence-electron chi connectivity index (χ2n) is 8.37. The van der Waals surface area contributed by atoms with Crippen molar-refractivity contribution in [1.82, 2.24) is 5.32 Å². The number of benzene rings is 2. The van der Waals surface area contributed by atoms with Crippen LogP contribution in [-0.2, 0) is 23.8 Å². The molecule has 0 aromatic heterocycles. The summed E-state index contributed by atoms with van der Waals surface area (Å²) in [6.07, 6.45) is 0.316. The van der Waals surface area contributed by atoms with Crippen molar-refractivity contribution in [3.05, 3.63) is 54.6 Å². The van der Waals surface area contributed by atoms with Crippen molar-refractivity contribution in [2.24, 2.45) is 5.92 Å². The lowest BCUT2D eigenvalue weighted by Gasteiger charge is -2.30. The predicted octanol–water partition coefficient (Wildman–Crippen LogP) is 4.32. The number of fused-ring (bicyclic) bond motifs is 1. The van der Waals surface area contributed by atoms with Crippen LogP contribution in [0.15, 0.2) is 49.1 Å². The molecule has 33 heavy (non-hydrogen) atoms. The second kappa shape index (κ2) is 11.4. The van der Waals surface area contributed by atoms with Gasteiger partial charge in [-0.1, -0.05) is 36.9 Å². The maximum Gasteiger partial charge on any atom is 0.407 e. The molecule has 0 saturated carbocycles. The Bertz CT molecular complexity index is 1010. The molecule has 0 saturated heterocycles. The molecule has 0 heterocycles. The summed E-state index contributed by atoms with van der Waals surface area (Å²) >= 11 is 0. The number of nitrogens with one attached hydrogen (secondary N) is 1. The molecule has 2 aromatic rings. The molecule has 0 aliphatic rings. The van der Waals surface area contributed by atoms with Crippen LogP contribution >= 0.6 is 0 Å². The first-order chi connectivity index (χ1) is 15.6. The van der Waals surface area contributed by atoms with Crippen LogP contribution in [-0.4, -0.2) is 44.5 Å². The maximum atomic E-state index is 12.8. The number of methoxy groups -OCH3 is 2. The molecule has 8 heteroatoms. The zero-order valence-corrected chi connectivity index (χ0v) is 19.7. The molecule has 1 N–H and O–H groups in total. The van der Waals surface area contributed by atoms with Crippen molar-refractivity contribution in [2.75, 3.05) is 20.8 Å². The minimum atomic E-state index is -1.10. The third-order valence-electron chi connectivity index (χ3n) is 4.76. The SMILES string of the molecule is C=CCOC(=O)NC(c1cc2ccccc2cc1OC(C)(C)C)C(CC(=O)OC)C(=O)OC. The van der Waals surface area contributed by atoms with Gasteiger partial charge in [0.1, 0.15) is 18.0 Å². The Kier molecular flexibility index (Phi) is 8.85. The van der Waals surface area contributed by atoms with Crippen LogP contribution < -0.4 is 10.1 Å². The molecule has 2 rings (SSSR count). The van der Waals surface area contributed by atoms with Crippen molar-refractivity contribution in [1.29, 1.82) is 0 Å². The third-order valence-corrected chi connectivity index (χ3v) is 4.76. The first-order valence-corrected chi connectivity index (χ1v) is 10.5. The molecule has 2 aromatic carbocycles. The molecule has 1 amide bonds. The van der Waals surface area contributed by atoms with Gasteiger partial charge in [-0.2, -0.15) is 0 Å². The lowest BCUT2D eigenvalue weighted by Crippen LogP contribution is -2.39. The summed E-state index contributed by atoms with van der Waals surface area (Å²) < 4.78 is 21.0. The van der Waals surface area contributed by atoms with E-state index in [0.717, 1.165) is 10.8 Å². The van der Waals surface area contributed by atoms with Crippen LogP contribution in [0.4, 0.5) is 4.79 Å². The molecule has 0 fully saturated rings. The predicted molar refractivity (Wildman–Crippen MR) is 124 cm³/mol. The van der Waals surface area contributed by atoms with Crippen LogP contribution in [0, 0.1) is 5.92 Å². The van der Waals surface area contributed by atoms with Crippen molar-refractivity contribution in [2.45, 2.75) is 38.8 Å². The Balaban J connectivity index is 2.70. The highest BCUT2D eigenvalue weighted by atomic mass is 16.5. The summed E-state index contributed by atoms with van der Waals surface area (Å²) in [5, 5.41) is 4.48. The quantitative estimate of drug-likeness (QED) is 0.340. The van der Waals surface area contributed by atoms with Gasteiger partial charge in [-0.15, -0.1) is 0 Å². The fraction of sp³-hybridized carbons (Fsp3) is 0.400. The van der Waals surface area contributed by atoms with Crippen molar-refractivity contribution in [3.8, 4) is 5.75 Å². The smallest absolute Gasteiger partial charge is 0.407 e. The number of alkyl carbamates (subject to hydrolysis) is 1. The highest BCUT2D eigenvalue weighted by molar-refractivity contribution is 5.87. The Morgan fingerprint density at radius 2 is 1.70 bits per heavy atom. The van der Waals surface area contributed by atoms with E-state index in [0.29, 0.717) is 11.3 Å². The fourth-order valence-electron chi connectivity index (χ4n) is 3.35. The molecule has 2 unspecified atom stereocenters. The van der Waals surface area contributed by atoms with Gasteiger partial charge >= 0.3 is 18.0 Å². The Labute approximate surface area is 193 Å². The number of carbonyl (C=O) groups is 3. The highest BCUT2D eigenvalue weighted by Crippen LogP contribution is 2.37. The van der Waals surface area contributed by atoms with Gasteiger partial charge in [0.25, 0.3) is 0 Å². The van der Waals surface area contributed by atoms with E-state index in [1.54, 1.807) is 0 Å². The Hall–Kier alpha value is -3.55. The standard InChI is InChI=1S/C25H31NO7/c1-7-12-32-24(29)26-22(19(23(28)31-6)15-21(27)30-5)18-13-16-10-8-9-11-17(16)14-20(18)33-25(2,3)4/h7-11,13-14,19,22H,1,12,15H2,2-6H3,(H,26,29). The molecule has 2 atom stereocenters. The molecule has 0 spiro atoms. The largest absolute Gasteiger partial charge is 0.488 e. The monoisotopic (exact) mass is 457 g/mol. The molecule has 0 aliphatic carbocycles. The van der Waals surface area contributed by atoms with Crippen molar-refractivity contribution in [3.63, 3.8) is 0 Å². The number of amides is 1. The van der Waals surface area contributed by atoms with Gasteiger partial charge in [0.05, 0.1) is 32.6 Å². The van der Waals surface area contributed by atoms with E-state index in [1.807, 2.05) is 57.2 Å². The second-order valence-corrected chi connectivity index (χ2v) is 8.37. The molecule has 178 valence electrons. The third kappa shape index (κ3) is 7.24. The number of hydrogen-bond donors (Lipinski definition) is 1. The van der Waals surface area contributed by atoms with E-state index >= 15 is 0 Å². The first-order valence-electron chi connectivity index (χ1n) is 10.5. The Morgan fingerprint density at radius 1 is 1.06 bits per heavy atom. The van der Waals surface area contributed by atoms with E-state index in [4.69, 9.17) is 18.9 Å². The number of esters is 2. The summed E-state index contributed by atoms with van der Waals surface area (Å²) in [4.78, 5) is 37.4. The number of carbonyl (C=O) groups excluding carboxylic acids is 3. The number of ether oxygens (including phenoxy) is 4. The van der Waals surface area contributed by atoms with Crippen LogP contribution in [0.5, 0.6) is 5.75 Å². The number of hydrogen-bond acceptors (Lipinski definition) is 7. The van der Waals surface area contributed by atoms with Gasteiger partial charge in [0.2, 0.25) is 0 Å². The van der Waals surface area contributed by atoms with Crippen LogP contribution in [0.2, 0.25) is 0 Å². The lowest BCUT2D eigenvalue weighted by atomic mass is 9.88. The normalized spacial score (nSPS) is 12.9. The Morgan fingerprint density at radius 3 is 2.24 bits per heavy atom. The van der Waals surface area contributed by atoms with Crippen LogP contribution in [0.25, 0.3) is 10.8 Å². The van der Waals surface area contributed by atoms with Crippen molar-refractivity contribution >= 4 is 28.8 Å². The maximum absolute atomic E-state index is 12.8. The average molecular weight is 458 g/mol. The minimum Gasteiger partial charge on any atom is -0.488 e. The first kappa shape index (κ1) is 25.7. The molecule has 8 nitrogen and oxygen atoms in total. The minimum absolute atomic E-state index is 0.0263. The lowest BCUT2D eigenvalue weighted by molar-refractivity contribution is -0.153. The van der Waals surface area contributed by atoms with Gasteiger partial charge in [-0.25, -0.2) is 4.79 Å². The van der Waals surface area contributed by atoms with E-state index in [-0.39, 0.29) is 13.0 Å². The van der Waals surface area contributed by atoms with Crippen LogP contribution in [0.3, 0.4) is 0 Å².